The van der Waals surface area contributed by atoms with Crippen molar-refractivity contribution in [3.63, 3.8) is 0 Å². The van der Waals surface area contributed by atoms with Crippen molar-refractivity contribution in [3.8, 4) is 11.8 Å². The first-order chi connectivity index (χ1) is 11.2. The summed E-state index contributed by atoms with van der Waals surface area (Å²) in [5.74, 6) is 5.88. The van der Waals surface area contributed by atoms with Crippen molar-refractivity contribution in [2.45, 2.75) is 0 Å². The fraction of sp³-hybridized carbons (Fsp3) is 0. The highest BCUT2D eigenvalue weighted by Crippen LogP contribution is 2.12. The number of aromatic nitrogens is 1. The van der Waals surface area contributed by atoms with E-state index in [4.69, 9.17) is 0 Å². The molecule has 3 aromatic rings. The number of benzene rings is 1. The van der Waals surface area contributed by atoms with E-state index in [0.717, 1.165) is 10.4 Å². The molecule has 0 saturated heterocycles. The van der Waals surface area contributed by atoms with Gasteiger partial charge in [0.2, 0.25) is 0 Å². The van der Waals surface area contributed by atoms with Crippen molar-refractivity contribution in [1.29, 1.82) is 0 Å². The van der Waals surface area contributed by atoms with Crippen LogP contribution in [0.4, 0.5) is 5.69 Å². The Kier molecular flexibility index (Phi) is 4.37. The third-order valence-corrected chi connectivity index (χ3v) is 3.82. The first-order valence-corrected chi connectivity index (χ1v) is 7.74. The van der Waals surface area contributed by atoms with Crippen LogP contribution in [0.25, 0.3) is 0 Å². The Labute approximate surface area is 137 Å². The molecular weight excluding hydrogens is 308 g/mol. The molecule has 0 aliphatic carbocycles. The molecule has 0 fully saturated rings. The molecule has 1 N–H and O–H groups in total. The van der Waals surface area contributed by atoms with E-state index in [9.17, 15) is 10.0 Å². The lowest BCUT2D eigenvalue weighted by molar-refractivity contribution is -0.605. The number of anilines is 1. The van der Waals surface area contributed by atoms with Gasteiger partial charge in [0.1, 0.15) is 0 Å². The fourth-order valence-corrected chi connectivity index (χ4v) is 2.50. The molecule has 0 bridgehead atoms. The Balaban J connectivity index is 1.75. The van der Waals surface area contributed by atoms with Gasteiger partial charge in [-0.15, -0.1) is 11.3 Å². The number of carbonyl (C=O) groups excluding carboxylic acids is 1. The number of nitrogens with one attached hydrogen (secondary N) is 1. The Morgan fingerprint density at radius 3 is 2.65 bits per heavy atom. The van der Waals surface area contributed by atoms with Gasteiger partial charge in [-0.05, 0) is 29.6 Å². The second-order valence-electron chi connectivity index (χ2n) is 4.71. The lowest BCUT2D eigenvalue weighted by Crippen LogP contribution is -2.25. The third kappa shape index (κ3) is 3.96. The van der Waals surface area contributed by atoms with Gasteiger partial charge in [-0.2, -0.15) is 4.73 Å². The van der Waals surface area contributed by atoms with E-state index in [0.29, 0.717) is 16.0 Å². The summed E-state index contributed by atoms with van der Waals surface area (Å²) in [4.78, 5) is 13.1. The Bertz CT molecular complexity index is 875. The van der Waals surface area contributed by atoms with Crippen LogP contribution < -0.4 is 10.0 Å². The van der Waals surface area contributed by atoms with Crippen LogP contribution in [0.1, 0.15) is 20.8 Å². The number of nitrogens with zero attached hydrogens (tertiary/aromatic N) is 1. The average Bonchev–Trinajstić information content (AvgIpc) is 3.07. The van der Waals surface area contributed by atoms with E-state index in [1.807, 2.05) is 35.7 Å². The van der Waals surface area contributed by atoms with Crippen LogP contribution in [0.2, 0.25) is 0 Å². The third-order valence-electron chi connectivity index (χ3n) is 3.04. The van der Waals surface area contributed by atoms with E-state index < -0.39 is 0 Å². The van der Waals surface area contributed by atoms with Crippen LogP contribution in [0.3, 0.4) is 0 Å². The van der Waals surface area contributed by atoms with Gasteiger partial charge in [-0.3, -0.25) is 4.79 Å². The Morgan fingerprint density at radius 1 is 1.09 bits per heavy atom. The summed E-state index contributed by atoms with van der Waals surface area (Å²) in [5.41, 5.74) is 1.90. The minimum atomic E-state index is -0.269. The second-order valence-corrected chi connectivity index (χ2v) is 5.66. The topological polar surface area (TPSA) is 56.0 Å². The first-order valence-electron chi connectivity index (χ1n) is 6.86. The summed E-state index contributed by atoms with van der Waals surface area (Å²) in [6.45, 7) is 0. The van der Waals surface area contributed by atoms with E-state index >= 15 is 0 Å². The number of hydrogen-bond donors (Lipinski definition) is 1. The van der Waals surface area contributed by atoms with E-state index in [1.54, 1.807) is 17.4 Å². The molecule has 5 heteroatoms. The number of rotatable bonds is 2. The molecule has 4 nitrogen and oxygen atoms in total. The molecule has 112 valence electrons. The highest BCUT2D eigenvalue weighted by Gasteiger charge is 2.07. The minimum absolute atomic E-state index is 0.269. The van der Waals surface area contributed by atoms with E-state index in [-0.39, 0.29) is 5.91 Å². The quantitative estimate of drug-likeness (QED) is 0.448. The highest BCUT2D eigenvalue weighted by atomic mass is 32.1. The van der Waals surface area contributed by atoms with Crippen molar-refractivity contribution in [3.05, 3.63) is 87.5 Å². The van der Waals surface area contributed by atoms with Gasteiger partial charge in [0, 0.05) is 23.4 Å². The van der Waals surface area contributed by atoms with Crippen molar-refractivity contribution < 1.29 is 9.52 Å². The zero-order chi connectivity index (χ0) is 16.1. The van der Waals surface area contributed by atoms with E-state index in [1.165, 1.54) is 24.5 Å². The normalized spacial score (nSPS) is 9.74. The summed E-state index contributed by atoms with van der Waals surface area (Å²) in [6.07, 6.45) is 2.58. The molecule has 0 saturated carbocycles. The van der Waals surface area contributed by atoms with Gasteiger partial charge in [-0.25, -0.2) is 0 Å². The number of amides is 1. The van der Waals surface area contributed by atoms with Crippen LogP contribution in [0.5, 0.6) is 0 Å². The molecule has 0 atom stereocenters. The zero-order valence-electron chi connectivity index (χ0n) is 12.0. The van der Waals surface area contributed by atoms with Crippen LogP contribution in [-0.4, -0.2) is 5.91 Å². The molecule has 2 heterocycles. The van der Waals surface area contributed by atoms with Crippen molar-refractivity contribution in [2.75, 3.05) is 5.32 Å². The lowest BCUT2D eigenvalue weighted by Gasteiger charge is -2.05. The molecule has 1 aromatic carbocycles. The van der Waals surface area contributed by atoms with Gasteiger partial charge >= 0.3 is 0 Å². The predicted molar refractivity (Wildman–Crippen MR) is 90.1 cm³/mol. The lowest BCUT2D eigenvalue weighted by atomic mass is 10.2. The average molecular weight is 320 g/mol. The Hall–Kier alpha value is -3.10. The highest BCUT2D eigenvalue weighted by molar-refractivity contribution is 7.10. The van der Waals surface area contributed by atoms with Gasteiger partial charge in [0.25, 0.3) is 5.91 Å². The maximum atomic E-state index is 12.1. The molecule has 0 aliphatic heterocycles. The predicted octanol–water partition coefficient (Wildman–Crippen LogP) is 3.03. The molecule has 0 radical (unpaired) electrons. The molecule has 2 aromatic heterocycles. The fourth-order valence-electron chi connectivity index (χ4n) is 1.93. The van der Waals surface area contributed by atoms with Crippen LogP contribution in [0.15, 0.2) is 66.3 Å². The summed E-state index contributed by atoms with van der Waals surface area (Å²) in [5, 5.41) is 15.8. The van der Waals surface area contributed by atoms with E-state index in [2.05, 4.69) is 17.2 Å². The van der Waals surface area contributed by atoms with Crippen molar-refractivity contribution >= 4 is 22.9 Å². The standard InChI is InChI=1S/C18H12N2O2S/c21-18(15-8-10-20(22)11-9-15)19-16-4-1-3-14(13-16)6-7-17-5-2-12-23-17/h1-5,8-13H,(H,19,21). The van der Waals surface area contributed by atoms with Crippen LogP contribution >= 0.6 is 11.3 Å². The summed E-state index contributed by atoms with van der Waals surface area (Å²) in [7, 11) is 0. The molecule has 1 amide bonds. The Morgan fingerprint density at radius 2 is 1.91 bits per heavy atom. The van der Waals surface area contributed by atoms with Gasteiger partial charge in [0.15, 0.2) is 12.4 Å². The van der Waals surface area contributed by atoms with Crippen LogP contribution in [0, 0.1) is 17.0 Å². The zero-order valence-corrected chi connectivity index (χ0v) is 12.8. The molecule has 23 heavy (non-hydrogen) atoms. The summed E-state index contributed by atoms with van der Waals surface area (Å²) >= 11 is 1.58. The molecule has 3 rings (SSSR count). The van der Waals surface area contributed by atoms with Gasteiger partial charge in [0.05, 0.1) is 10.4 Å². The largest absolute Gasteiger partial charge is 0.619 e. The smallest absolute Gasteiger partial charge is 0.256 e. The van der Waals surface area contributed by atoms with Crippen molar-refractivity contribution in [2.24, 2.45) is 0 Å². The number of carbonyl (C=O) groups is 1. The summed E-state index contributed by atoms with van der Waals surface area (Å²) in [6, 6.07) is 14.2. The maximum absolute atomic E-state index is 12.1. The first kappa shape index (κ1) is 14.8. The number of pyridine rings is 1. The molecule has 0 spiro atoms. The van der Waals surface area contributed by atoms with Crippen LogP contribution in [-0.2, 0) is 0 Å². The van der Waals surface area contributed by atoms with Gasteiger partial charge < -0.3 is 10.5 Å². The minimum Gasteiger partial charge on any atom is -0.619 e. The number of hydrogen-bond acceptors (Lipinski definition) is 3. The second kappa shape index (κ2) is 6.77. The molecule has 0 aliphatic rings. The van der Waals surface area contributed by atoms with Crippen molar-refractivity contribution in [1.82, 2.24) is 0 Å². The molecular formula is C18H12N2O2S. The summed E-state index contributed by atoms with van der Waals surface area (Å²) < 4.78 is 0.636. The number of thiophene rings is 1. The monoisotopic (exact) mass is 320 g/mol. The van der Waals surface area contributed by atoms with Gasteiger partial charge in [-0.1, -0.05) is 24.0 Å². The molecule has 0 unspecified atom stereocenters. The SMILES string of the molecule is O=C(Nc1cccc(C#Cc2cccs2)c1)c1cc[n+]([O-])cc1. The maximum Gasteiger partial charge on any atom is 0.256 e.